The first kappa shape index (κ1) is 21.0. The van der Waals surface area contributed by atoms with Crippen LogP contribution in [0.4, 0.5) is 11.4 Å². The van der Waals surface area contributed by atoms with Crippen molar-refractivity contribution >= 4 is 63.5 Å². The highest BCUT2D eigenvalue weighted by Gasteiger charge is 2.14. The van der Waals surface area contributed by atoms with Gasteiger partial charge < -0.3 is 15.7 Å². The van der Waals surface area contributed by atoms with Gasteiger partial charge in [0.25, 0.3) is 0 Å². The van der Waals surface area contributed by atoms with Gasteiger partial charge in [0.05, 0.1) is 5.25 Å². The number of carboxylic acid groups (broad SMARTS) is 1. The first-order chi connectivity index (χ1) is 12.8. The number of carboxylic acids is 1. The predicted octanol–water partition coefficient (Wildman–Crippen LogP) is 3.99. The molecule has 0 fully saturated rings. The fourth-order valence-corrected chi connectivity index (χ4v) is 3.21. The lowest BCUT2D eigenvalue weighted by Crippen LogP contribution is -2.22. The summed E-state index contributed by atoms with van der Waals surface area (Å²) >= 11 is 3.60. The van der Waals surface area contributed by atoms with Crippen molar-refractivity contribution in [2.24, 2.45) is 0 Å². The third kappa shape index (κ3) is 7.43. The van der Waals surface area contributed by atoms with Crippen LogP contribution in [0, 0.1) is 3.57 Å². The van der Waals surface area contributed by atoms with Crippen molar-refractivity contribution in [3.63, 3.8) is 0 Å². The highest BCUT2D eigenvalue weighted by atomic mass is 127. The number of hydrogen-bond donors (Lipinski definition) is 3. The number of benzene rings is 2. The molecule has 0 aromatic heterocycles. The molecule has 0 heterocycles. The molecule has 0 aliphatic heterocycles. The quantitative estimate of drug-likeness (QED) is 0.306. The normalized spacial score (nSPS) is 11.8. The second kappa shape index (κ2) is 10.1. The lowest BCUT2D eigenvalue weighted by Gasteiger charge is -2.12. The van der Waals surface area contributed by atoms with Crippen LogP contribution < -0.4 is 10.6 Å². The molecule has 0 saturated carbocycles. The van der Waals surface area contributed by atoms with Gasteiger partial charge in [0.15, 0.2) is 0 Å². The number of amides is 2. The molecule has 27 heavy (non-hydrogen) atoms. The molecule has 3 N–H and O–H groups in total. The van der Waals surface area contributed by atoms with Gasteiger partial charge in [0, 0.05) is 32.0 Å². The summed E-state index contributed by atoms with van der Waals surface area (Å²) in [6.07, 6.45) is 1.72. The van der Waals surface area contributed by atoms with E-state index in [1.165, 1.54) is 11.8 Å². The van der Waals surface area contributed by atoms with Crippen LogP contribution >= 0.6 is 34.4 Å². The largest absolute Gasteiger partial charge is 0.478 e. The van der Waals surface area contributed by atoms with E-state index < -0.39 is 11.9 Å². The van der Waals surface area contributed by atoms with Crippen LogP contribution in [0.25, 0.3) is 0 Å². The van der Waals surface area contributed by atoms with Crippen LogP contribution in [0.5, 0.6) is 0 Å². The highest BCUT2D eigenvalue weighted by molar-refractivity contribution is 14.1. The Morgan fingerprint density at radius 1 is 0.963 bits per heavy atom. The summed E-state index contributed by atoms with van der Waals surface area (Å²) in [4.78, 5) is 35.1. The van der Waals surface area contributed by atoms with Crippen LogP contribution in [0.3, 0.4) is 0 Å². The van der Waals surface area contributed by atoms with Gasteiger partial charge in [-0.2, -0.15) is 0 Å². The molecule has 0 aliphatic rings. The van der Waals surface area contributed by atoms with Crippen molar-refractivity contribution in [1.29, 1.82) is 0 Å². The summed E-state index contributed by atoms with van der Waals surface area (Å²) in [5, 5.41) is 13.6. The minimum Gasteiger partial charge on any atom is -0.478 e. The summed E-state index contributed by atoms with van der Waals surface area (Å²) in [5.74, 6) is -1.81. The average molecular weight is 496 g/mol. The van der Waals surface area contributed by atoms with E-state index in [0.717, 1.165) is 26.3 Å². The lowest BCUT2D eigenvalue weighted by atomic mass is 10.3. The van der Waals surface area contributed by atoms with Gasteiger partial charge in [0.2, 0.25) is 11.8 Å². The second-order valence-electron chi connectivity index (χ2n) is 5.44. The molecule has 2 aromatic rings. The van der Waals surface area contributed by atoms with E-state index in [-0.39, 0.29) is 11.2 Å². The van der Waals surface area contributed by atoms with E-state index in [4.69, 9.17) is 5.11 Å². The number of carbonyl (C=O) groups is 3. The van der Waals surface area contributed by atoms with E-state index in [1.807, 2.05) is 31.2 Å². The minimum absolute atomic E-state index is 0.0996. The Morgan fingerprint density at radius 3 is 2.11 bits per heavy atom. The van der Waals surface area contributed by atoms with Gasteiger partial charge in [-0.3, -0.25) is 9.59 Å². The Hall–Kier alpha value is -2.33. The molecule has 2 aromatic carbocycles. The number of nitrogens with one attached hydrogen (secondary N) is 2. The van der Waals surface area contributed by atoms with Crippen molar-refractivity contribution in [2.75, 3.05) is 10.6 Å². The topological polar surface area (TPSA) is 95.5 Å². The molecule has 2 rings (SSSR count). The Balaban J connectivity index is 1.89. The fraction of sp³-hybridized carbons (Fsp3) is 0.105. The van der Waals surface area contributed by atoms with Crippen molar-refractivity contribution in [2.45, 2.75) is 17.1 Å². The van der Waals surface area contributed by atoms with Gasteiger partial charge >= 0.3 is 5.97 Å². The van der Waals surface area contributed by atoms with Crippen LogP contribution in [0.2, 0.25) is 0 Å². The molecule has 1 atom stereocenters. The molecule has 6 nitrogen and oxygen atoms in total. The van der Waals surface area contributed by atoms with E-state index in [1.54, 1.807) is 24.3 Å². The predicted molar refractivity (Wildman–Crippen MR) is 115 cm³/mol. The number of thioether (sulfide) groups is 1. The Bertz CT molecular complexity index is 851. The van der Waals surface area contributed by atoms with Crippen molar-refractivity contribution in [3.05, 3.63) is 64.3 Å². The number of hydrogen-bond acceptors (Lipinski definition) is 4. The molecular weight excluding hydrogens is 479 g/mol. The number of aliphatic carboxylic acids is 1. The zero-order valence-electron chi connectivity index (χ0n) is 14.3. The van der Waals surface area contributed by atoms with E-state index in [9.17, 15) is 14.4 Å². The summed E-state index contributed by atoms with van der Waals surface area (Å²) in [5.41, 5.74) is 1.29. The molecule has 0 saturated heterocycles. The van der Waals surface area contributed by atoms with E-state index in [2.05, 4.69) is 33.2 Å². The first-order valence-corrected chi connectivity index (χ1v) is 9.84. The summed E-state index contributed by atoms with van der Waals surface area (Å²) < 4.78 is 1.10. The third-order valence-corrected chi connectivity index (χ3v) is 5.12. The van der Waals surface area contributed by atoms with Gasteiger partial charge in [-0.1, -0.05) is 0 Å². The fourth-order valence-electron chi connectivity index (χ4n) is 1.98. The van der Waals surface area contributed by atoms with Gasteiger partial charge in [0.1, 0.15) is 0 Å². The van der Waals surface area contributed by atoms with E-state index >= 15 is 0 Å². The van der Waals surface area contributed by atoms with E-state index in [0.29, 0.717) is 5.69 Å². The maximum absolute atomic E-state index is 12.3. The van der Waals surface area contributed by atoms with Crippen LogP contribution in [0.1, 0.15) is 6.92 Å². The minimum atomic E-state index is -1.19. The second-order valence-corrected chi connectivity index (χ2v) is 8.10. The van der Waals surface area contributed by atoms with Crippen molar-refractivity contribution in [1.82, 2.24) is 0 Å². The average Bonchev–Trinajstić information content (AvgIpc) is 2.63. The smallest absolute Gasteiger partial charge is 0.328 e. The standard InChI is InChI=1S/C19H17IN2O4S/c1-12(19(26)22-15-4-2-13(20)3-5-15)27-16-8-6-14(7-9-16)21-17(23)10-11-18(24)25/h2-12H,1H3,(H,21,23)(H,22,26)(H,24,25)/b11-10+. The molecule has 8 heteroatoms. The van der Waals surface area contributed by atoms with Crippen LogP contribution in [-0.2, 0) is 14.4 Å². The lowest BCUT2D eigenvalue weighted by molar-refractivity contribution is -0.131. The number of carbonyl (C=O) groups excluding carboxylic acids is 2. The number of halogens is 1. The summed E-state index contributed by atoms with van der Waals surface area (Å²) in [7, 11) is 0. The monoisotopic (exact) mass is 496 g/mol. The molecular formula is C19H17IN2O4S. The van der Waals surface area contributed by atoms with Crippen LogP contribution in [0.15, 0.2) is 65.6 Å². The number of rotatable bonds is 7. The molecule has 0 aliphatic carbocycles. The molecule has 0 spiro atoms. The molecule has 140 valence electrons. The maximum atomic E-state index is 12.3. The zero-order valence-corrected chi connectivity index (χ0v) is 17.3. The van der Waals surface area contributed by atoms with Gasteiger partial charge in [-0.05, 0) is 78.0 Å². The van der Waals surface area contributed by atoms with Crippen LogP contribution in [-0.4, -0.2) is 28.1 Å². The van der Waals surface area contributed by atoms with Crippen molar-refractivity contribution < 1.29 is 19.5 Å². The molecule has 1 unspecified atom stereocenters. The first-order valence-electron chi connectivity index (χ1n) is 7.88. The number of anilines is 2. The molecule has 0 radical (unpaired) electrons. The zero-order chi connectivity index (χ0) is 19.8. The highest BCUT2D eigenvalue weighted by Crippen LogP contribution is 2.25. The Kier molecular flexibility index (Phi) is 7.86. The Morgan fingerprint density at radius 2 is 1.52 bits per heavy atom. The van der Waals surface area contributed by atoms with Crippen molar-refractivity contribution in [3.8, 4) is 0 Å². The van der Waals surface area contributed by atoms with Gasteiger partial charge in [-0.25, -0.2) is 4.79 Å². The SMILES string of the molecule is CC(Sc1ccc(NC(=O)/C=C/C(=O)O)cc1)C(=O)Nc1ccc(I)cc1. The summed E-state index contributed by atoms with van der Waals surface area (Å²) in [6, 6.07) is 14.5. The summed E-state index contributed by atoms with van der Waals surface area (Å²) in [6.45, 7) is 1.82. The Labute approximate surface area is 174 Å². The third-order valence-electron chi connectivity index (χ3n) is 3.29. The van der Waals surface area contributed by atoms with Gasteiger partial charge in [-0.15, -0.1) is 11.8 Å². The maximum Gasteiger partial charge on any atom is 0.328 e. The molecule has 0 bridgehead atoms. The molecule has 2 amide bonds.